The maximum atomic E-state index is 11.6. The van der Waals surface area contributed by atoms with E-state index in [1.807, 2.05) is 19.9 Å². The molecule has 4 nitrogen and oxygen atoms in total. The van der Waals surface area contributed by atoms with E-state index in [2.05, 4.69) is 9.97 Å². The number of fused-ring (bicyclic) bond motifs is 1. The van der Waals surface area contributed by atoms with Crippen molar-refractivity contribution in [3.8, 4) is 11.4 Å². The lowest BCUT2D eigenvalue weighted by atomic mass is 10.0. The average Bonchev–Trinajstić information content (AvgIpc) is 2.49. The zero-order chi connectivity index (χ0) is 16.7. The van der Waals surface area contributed by atoms with Crippen LogP contribution >= 0.6 is 23.2 Å². The van der Waals surface area contributed by atoms with E-state index in [-0.39, 0.29) is 5.69 Å². The molecule has 0 atom stereocenters. The summed E-state index contributed by atoms with van der Waals surface area (Å²) in [6, 6.07) is 8.71. The first-order valence-electron chi connectivity index (χ1n) is 6.84. The van der Waals surface area contributed by atoms with Crippen LogP contribution in [0.4, 0.5) is 0 Å². The van der Waals surface area contributed by atoms with E-state index in [0.717, 1.165) is 11.1 Å². The molecular weight excluding hydrogens is 335 g/mol. The molecule has 0 radical (unpaired) electrons. The van der Waals surface area contributed by atoms with Crippen molar-refractivity contribution in [2.45, 2.75) is 13.8 Å². The minimum absolute atomic E-state index is 0.0251. The number of carboxylic acid groups (broad SMARTS) is 1. The molecule has 3 aromatic rings. The smallest absolute Gasteiger partial charge is 0.355 e. The molecule has 23 heavy (non-hydrogen) atoms. The van der Waals surface area contributed by atoms with Crippen LogP contribution in [-0.4, -0.2) is 21.0 Å². The Balaban J connectivity index is 2.34. The van der Waals surface area contributed by atoms with Crippen molar-refractivity contribution in [2.75, 3.05) is 0 Å². The Hall–Kier alpha value is -2.17. The van der Waals surface area contributed by atoms with Gasteiger partial charge in [-0.25, -0.2) is 14.8 Å². The summed E-state index contributed by atoms with van der Waals surface area (Å²) < 4.78 is 0. The van der Waals surface area contributed by atoms with Crippen LogP contribution in [0, 0.1) is 13.8 Å². The molecule has 0 amide bonds. The van der Waals surface area contributed by atoms with E-state index in [4.69, 9.17) is 23.2 Å². The molecule has 2 aromatic carbocycles. The maximum Gasteiger partial charge on any atom is 0.355 e. The molecule has 0 spiro atoms. The Kier molecular flexibility index (Phi) is 3.96. The van der Waals surface area contributed by atoms with E-state index in [1.54, 1.807) is 24.3 Å². The highest BCUT2D eigenvalue weighted by molar-refractivity contribution is 6.42. The van der Waals surface area contributed by atoms with Crippen LogP contribution in [0.2, 0.25) is 10.0 Å². The first kappa shape index (κ1) is 15.7. The predicted octanol–water partition coefficient (Wildman–Crippen LogP) is 4.92. The number of rotatable bonds is 2. The molecule has 0 saturated carbocycles. The van der Waals surface area contributed by atoms with Crippen molar-refractivity contribution < 1.29 is 9.90 Å². The van der Waals surface area contributed by atoms with Gasteiger partial charge in [0.05, 0.1) is 15.6 Å². The van der Waals surface area contributed by atoms with Crippen molar-refractivity contribution >= 4 is 40.1 Å². The summed E-state index contributed by atoms with van der Waals surface area (Å²) in [6.45, 7) is 3.80. The number of halogens is 2. The van der Waals surface area contributed by atoms with Crippen molar-refractivity contribution in [1.82, 2.24) is 9.97 Å². The average molecular weight is 347 g/mol. The summed E-state index contributed by atoms with van der Waals surface area (Å²) in [5.41, 5.74) is 3.06. The van der Waals surface area contributed by atoms with Gasteiger partial charge in [0.2, 0.25) is 0 Å². The zero-order valence-electron chi connectivity index (χ0n) is 12.4. The molecule has 6 heteroatoms. The SMILES string of the molecule is Cc1cc(C)c2nc(-c3ccc(Cl)c(Cl)c3)nc(C(=O)O)c2c1. The quantitative estimate of drug-likeness (QED) is 0.715. The van der Waals surface area contributed by atoms with Gasteiger partial charge < -0.3 is 5.11 Å². The lowest BCUT2D eigenvalue weighted by Crippen LogP contribution is -2.06. The predicted molar refractivity (Wildman–Crippen MR) is 91.4 cm³/mol. The van der Waals surface area contributed by atoms with E-state index in [9.17, 15) is 9.90 Å². The topological polar surface area (TPSA) is 63.1 Å². The fraction of sp³-hybridized carbons (Fsp3) is 0.118. The van der Waals surface area contributed by atoms with Crippen LogP contribution in [0.3, 0.4) is 0 Å². The number of carbonyl (C=O) groups is 1. The van der Waals surface area contributed by atoms with Crippen molar-refractivity contribution in [3.05, 3.63) is 57.2 Å². The minimum atomic E-state index is -1.09. The lowest BCUT2D eigenvalue weighted by molar-refractivity contribution is 0.0693. The summed E-state index contributed by atoms with van der Waals surface area (Å²) in [5, 5.41) is 10.8. The van der Waals surface area contributed by atoms with Gasteiger partial charge in [-0.15, -0.1) is 0 Å². The van der Waals surface area contributed by atoms with E-state index >= 15 is 0 Å². The number of aromatic carboxylic acids is 1. The summed E-state index contributed by atoms with van der Waals surface area (Å²) in [5.74, 6) is -0.788. The van der Waals surface area contributed by atoms with Gasteiger partial charge in [0.1, 0.15) is 0 Å². The van der Waals surface area contributed by atoms with Gasteiger partial charge >= 0.3 is 5.97 Å². The molecule has 0 aliphatic rings. The second-order valence-corrected chi connectivity index (χ2v) is 6.12. The molecule has 1 heterocycles. The zero-order valence-corrected chi connectivity index (χ0v) is 13.9. The summed E-state index contributed by atoms with van der Waals surface area (Å²) >= 11 is 12.0. The van der Waals surface area contributed by atoms with Crippen molar-refractivity contribution in [1.29, 1.82) is 0 Å². The van der Waals surface area contributed by atoms with Gasteiger partial charge in [-0.1, -0.05) is 34.8 Å². The molecule has 0 aliphatic carbocycles. The molecule has 116 valence electrons. The highest BCUT2D eigenvalue weighted by Crippen LogP contribution is 2.29. The Morgan fingerprint density at radius 1 is 1.04 bits per heavy atom. The van der Waals surface area contributed by atoms with Crippen molar-refractivity contribution in [2.24, 2.45) is 0 Å². The van der Waals surface area contributed by atoms with E-state index < -0.39 is 5.97 Å². The highest BCUT2D eigenvalue weighted by Gasteiger charge is 2.17. The van der Waals surface area contributed by atoms with Gasteiger partial charge in [0, 0.05) is 10.9 Å². The largest absolute Gasteiger partial charge is 0.476 e. The molecule has 0 saturated heterocycles. The number of nitrogens with zero attached hydrogens (tertiary/aromatic N) is 2. The third-order valence-corrected chi connectivity index (χ3v) is 4.25. The second kappa shape index (κ2) is 5.80. The summed E-state index contributed by atoms with van der Waals surface area (Å²) in [6.07, 6.45) is 0. The lowest BCUT2D eigenvalue weighted by Gasteiger charge is -2.10. The molecule has 1 aromatic heterocycles. The second-order valence-electron chi connectivity index (χ2n) is 5.31. The Morgan fingerprint density at radius 2 is 1.78 bits per heavy atom. The van der Waals surface area contributed by atoms with Crippen LogP contribution in [-0.2, 0) is 0 Å². The minimum Gasteiger partial charge on any atom is -0.476 e. The van der Waals surface area contributed by atoms with Crippen LogP contribution < -0.4 is 0 Å². The normalized spacial score (nSPS) is 11.0. The molecule has 0 unspecified atom stereocenters. The van der Waals surface area contributed by atoms with Gasteiger partial charge in [0.15, 0.2) is 11.5 Å². The van der Waals surface area contributed by atoms with Gasteiger partial charge in [-0.2, -0.15) is 0 Å². The standard InChI is InChI=1S/C17H12Cl2N2O2/c1-8-5-9(2)14-11(6-8)15(17(22)23)21-16(20-14)10-3-4-12(18)13(19)7-10/h3-7H,1-2H3,(H,22,23). The van der Waals surface area contributed by atoms with Crippen LogP contribution in [0.15, 0.2) is 30.3 Å². The fourth-order valence-electron chi connectivity index (χ4n) is 2.51. The number of aromatic nitrogens is 2. The number of aryl methyl sites for hydroxylation is 2. The highest BCUT2D eigenvalue weighted by atomic mass is 35.5. The number of benzene rings is 2. The first-order chi connectivity index (χ1) is 10.9. The number of hydrogen-bond acceptors (Lipinski definition) is 3. The van der Waals surface area contributed by atoms with Gasteiger partial charge in [-0.3, -0.25) is 0 Å². The van der Waals surface area contributed by atoms with E-state index in [0.29, 0.717) is 32.3 Å². The first-order valence-corrected chi connectivity index (χ1v) is 7.60. The fourth-order valence-corrected chi connectivity index (χ4v) is 2.81. The Labute approximate surface area is 142 Å². The third-order valence-electron chi connectivity index (χ3n) is 3.52. The Morgan fingerprint density at radius 3 is 2.43 bits per heavy atom. The number of carboxylic acids is 1. The molecular formula is C17H12Cl2N2O2. The third kappa shape index (κ3) is 2.87. The van der Waals surface area contributed by atoms with Crippen LogP contribution in [0.5, 0.6) is 0 Å². The van der Waals surface area contributed by atoms with Crippen LogP contribution in [0.25, 0.3) is 22.3 Å². The molecule has 0 bridgehead atoms. The molecule has 0 fully saturated rings. The van der Waals surface area contributed by atoms with Gasteiger partial charge in [0.25, 0.3) is 0 Å². The van der Waals surface area contributed by atoms with Crippen LogP contribution in [0.1, 0.15) is 21.6 Å². The monoisotopic (exact) mass is 346 g/mol. The molecule has 1 N–H and O–H groups in total. The Bertz CT molecular complexity index is 955. The molecule has 0 aliphatic heterocycles. The molecule has 3 rings (SSSR count). The number of hydrogen-bond donors (Lipinski definition) is 1. The summed E-state index contributed by atoms with van der Waals surface area (Å²) in [4.78, 5) is 20.3. The van der Waals surface area contributed by atoms with Crippen molar-refractivity contribution in [3.63, 3.8) is 0 Å². The summed E-state index contributed by atoms with van der Waals surface area (Å²) in [7, 11) is 0. The maximum absolute atomic E-state index is 11.6. The van der Waals surface area contributed by atoms with Gasteiger partial charge in [-0.05, 0) is 43.7 Å². The van der Waals surface area contributed by atoms with E-state index in [1.165, 1.54) is 0 Å².